The second-order valence-electron chi connectivity index (χ2n) is 6.21. The van der Waals surface area contributed by atoms with Crippen LogP contribution in [0, 0.1) is 5.92 Å². The van der Waals surface area contributed by atoms with E-state index in [1.807, 2.05) is 12.1 Å². The molecule has 1 aromatic rings. The first-order valence-electron chi connectivity index (χ1n) is 8.13. The quantitative estimate of drug-likeness (QED) is 0.864. The molecule has 2 fully saturated rings. The zero-order valence-electron chi connectivity index (χ0n) is 13.2. The highest BCUT2D eigenvalue weighted by molar-refractivity contribution is 5.92. The van der Waals surface area contributed by atoms with Gasteiger partial charge in [0.15, 0.2) is 0 Å². The maximum Gasteiger partial charge on any atom is 0.227 e. The number of anilines is 2. The number of likely N-dealkylation sites (N-methyl/N-ethyl adjacent to an activating group) is 1. The van der Waals surface area contributed by atoms with Crippen molar-refractivity contribution in [3.05, 3.63) is 18.3 Å². The van der Waals surface area contributed by atoms with E-state index in [0.29, 0.717) is 0 Å². The number of amides is 1. The van der Waals surface area contributed by atoms with Gasteiger partial charge in [0.25, 0.3) is 0 Å². The molecule has 3 heterocycles. The molecule has 2 aliphatic heterocycles. The van der Waals surface area contributed by atoms with Gasteiger partial charge in [0, 0.05) is 32.1 Å². The molecule has 22 heavy (non-hydrogen) atoms. The van der Waals surface area contributed by atoms with Gasteiger partial charge in [-0.05, 0) is 45.1 Å². The number of piperazine rings is 1. The van der Waals surface area contributed by atoms with E-state index in [2.05, 4.69) is 32.5 Å². The number of aromatic nitrogens is 1. The van der Waals surface area contributed by atoms with Gasteiger partial charge in [-0.2, -0.15) is 0 Å². The molecule has 0 aliphatic carbocycles. The number of rotatable bonds is 3. The molecule has 0 unspecified atom stereocenters. The van der Waals surface area contributed by atoms with E-state index in [0.717, 1.165) is 63.6 Å². The summed E-state index contributed by atoms with van der Waals surface area (Å²) in [5.74, 6) is 1.24. The highest BCUT2D eigenvalue weighted by Gasteiger charge is 2.21. The van der Waals surface area contributed by atoms with Crippen molar-refractivity contribution in [3.8, 4) is 0 Å². The van der Waals surface area contributed by atoms with Crippen LogP contribution in [0.4, 0.5) is 11.5 Å². The van der Waals surface area contributed by atoms with Gasteiger partial charge in [0.1, 0.15) is 5.82 Å². The molecule has 6 nitrogen and oxygen atoms in total. The summed E-state index contributed by atoms with van der Waals surface area (Å²) in [6.07, 6.45) is 3.60. The second kappa shape index (κ2) is 7.07. The highest BCUT2D eigenvalue weighted by Crippen LogP contribution is 2.18. The molecule has 0 aromatic carbocycles. The van der Waals surface area contributed by atoms with E-state index >= 15 is 0 Å². The van der Waals surface area contributed by atoms with Crippen LogP contribution in [0.15, 0.2) is 18.3 Å². The van der Waals surface area contributed by atoms with Gasteiger partial charge >= 0.3 is 0 Å². The third kappa shape index (κ3) is 3.75. The summed E-state index contributed by atoms with van der Waals surface area (Å²) in [7, 11) is 2.14. The van der Waals surface area contributed by atoms with Crippen LogP contribution >= 0.6 is 0 Å². The molecule has 2 aliphatic rings. The van der Waals surface area contributed by atoms with Crippen molar-refractivity contribution in [2.24, 2.45) is 5.92 Å². The van der Waals surface area contributed by atoms with Crippen molar-refractivity contribution in [1.29, 1.82) is 0 Å². The molecule has 0 atom stereocenters. The van der Waals surface area contributed by atoms with Gasteiger partial charge in [0.2, 0.25) is 5.91 Å². The van der Waals surface area contributed by atoms with Gasteiger partial charge in [-0.3, -0.25) is 4.79 Å². The lowest BCUT2D eigenvalue weighted by atomic mass is 9.97. The van der Waals surface area contributed by atoms with E-state index in [9.17, 15) is 4.79 Å². The Hall–Kier alpha value is -1.66. The first kappa shape index (κ1) is 15.2. The van der Waals surface area contributed by atoms with E-state index in [-0.39, 0.29) is 11.8 Å². The minimum atomic E-state index is 0.121. The first-order chi connectivity index (χ1) is 10.7. The Kier molecular flexibility index (Phi) is 4.90. The zero-order valence-corrected chi connectivity index (χ0v) is 13.2. The summed E-state index contributed by atoms with van der Waals surface area (Å²) in [4.78, 5) is 21.3. The fourth-order valence-electron chi connectivity index (χ4n) is 3.01. The normalized spacial score (nSPS) is 20.9. The fourth-order valence-corrected chi connectivity index (χ4v) is 3.01. The van der Waals surface area contributed by atoms with Crippen LogP contribution in [0.5, 0.6) is 0 Å². The second-order valence-corrected chi connectivity index (χ2v) is 6.21. The van der Waals surface area contributed by atoms with Crippen molar-refractivity contribution in [1.82, 2.24) is 15.2 Å². The van der Waals surface area contributed by atoms with Crippen molar-refractivity contribution in [2.75, 3.05) is 56.5 Å². The predicted octanol–water partition coefficient (Wildman–Crippen LogP) is 0.772. The van der Waals surface area contributed by atoms with Crippen LogP contribution in [-0.4, -0.2) is 62.1 Å². The number of nitrogens with zero attached hydrogens (tertiary/aromatic N) is 3. The molecule has 6 heteroatoms. The summed E-state index contributed by atoms with van der Waals surface area (Å²) >= 11 is 0. The standard InChI is InChI=1S/C16H25N5O/c1-20-8-10-21(11-9-20)15-3-2-14(12-18-15)19-16(22)13-4-6-17-7-5-13/h2-3,12-13,17H,4-11H2,1H3,(H,19,22). The van der Waals surface area contributed by atoms with Crippen molar-refractivity contribution in [3.63, 3.8) is 0 Å². The summed E-state index contributed by atoms with van der Waals surface area (Å²) in [6, 6.07) is 3.96. The Labute approximate surface area is 131 Å². The largest absolute Gasteiger partial charge is 0.354 e. The third-order valence-corrected chi connectivity index (χ3v) is 4.55. The van der Waals surface area contributed by atoms with E-state index in [1.165, 1.54) is 0 Å². The molecule has 2 N–H and O–H groups in total. The highest BCUT2D eigenvalue weighted by atomic mass is 16.1. The molecule has 0 radical (unpaired) electrons. The summed E-state index contributed by atoms with van der Waals surface area (Å²) in [6.45, 7) is 6.00. The first-order valence-corrected chi connectivity index (χ1v) is 8.13. The molecule has 0 spiro atoms. The number of hydrogen-bond acceptors (Lipinski definition) is 5. The summed E-state index contributed by atoms with van der Waals surface area (Å²) in [5, 5.41) is 6.27. The molecule has 1 aromatic heterocycles. The van der Waals surface area contributed by atoms with Crippen LogP contribution < -0.4 is 15.5 Å². The monoisotopic (exact) mass is 303 g/mol. The van der Waals surface area contributed by atoms with Gasteiger partial charge in [-0.25, -0.2) is 4.98 Å². The smallest absolute Gasteiger partial charge is 0.227 e. The van der Waals surface area contributed by atoms with Gasteiger partial charge in [-0.1, -0.05) is 0 Å². The maximum atomic E-state index is 12.2. The van der Waals surface area contributed by atoms with Crippen molar-refractivity contribution in [2.45, 2.75) is 12.8 Å². The molecular formula is C16H25N5O. The van der Waals surface area contributed by atoms with Crippen LogP contribution in [0.2, 0.25) is 0 Å². The van der Waals surface area contributed by atoms with Gasteiger partial charge < -0.3 is 20.4 Å². The van der Waals surface area contributed by atoms with Crippen molar-refractivity contribution < 1.29 is 4.79 Å². The number of carbonyl (C=O) groups is 1. The Morgan fingerprint density at radius 3 is 2.59 bits per heavy atom. The molecule has 1 amide bonds. The Bertz CT molecular complexity index is 490. The van der Waals surface area contributed by atoms with Crippen LogP contribution in [-0.2, 0) is 4.79 Å². The topological polar surface area (TPSA) is 60.5 Å². The lowest BCUT2D eigenvalue weighted by molar-refractivity contribution is -0.120. The number of piperidine rings is 1. The third-order valence-electron chi connectivity index (χ3n) is 4.55. The minimum Gasteiger partial charge on any atom is -0.354 e. The molecule has 0 bridgehead atoms. The molecule has 3 rings (SSSR count). The number of pyridine rings is 1. The molecule has 0 saturated carbocycles. The lowest BCUT2D eigenvalue weighted by Gasteiger charge is -2.33. The maximum absolute atomic E-state index is 12.2. The van der Waals surface area contributed by atoms with E-state index in [1.54, 1.807) is 6.20 Å². The average molecular weight is 303 g/mol. The van der Waals surface area contributed by atoms with Crippen LogP contribution in [0.25, 0.3) is 0 Å². The SMILES string of the molecule is CN1CCN(c2ccc(NC(=O)C3CCNCC3)cn2)CC1. The Balaban J connectivity index is 1.56. The Morgan fingerprint density at radius 2 is 1.95 bits per heavy atom. The fraction of sp³-hybridized carbons (Fsp3) is 0.625. The number of carbonyl (C=O) groups excluding carboxylic acids is 1. The number of nitrogens with one attached hydrogen (secondary N) is 2. The zero-order chi connectivity index (χ0) is 15.4. The predicted molar refractivity (Wildman–Crippen MR) is 88.2 cm³/mol. The molecule has 2 saturated heterocycles. The summed E-state index contributed by atoms with van der Waals surface area (Å²) in [5.41, 5.74) is 0.793. The minimum absolute atomic E-state index is 0.121. The summed E-state index contributed by atoms with van der Waals surface area (Å²) < 4.78 is 0. The molecule has 120 valence electrons. The van der Waals surface area contributed by atoms with Crippen molar-refractivity contribution >= 4 is 17.4 Å². The van der Waals surface area contributed by atoms with Crippen LogP contribution in [0.3, 0.4) is 0 Å². The van der Waals surface area contributed by atoms with Gasteiger partial charge in [-0.15, -0.1) is 0 Å². The van der Waals surface area contributed by atoms with E-state index in [4.69, 9.17) is 0 Å². The van der Waals surface area contributed by atoms with Crippen LogP contribution in [0.1, 0.15) is 12.8 Å². The molecular weight excluding hydrogens is 278 g/mol. The average Bonchev–Trinajstić information content (AvgIpc) is 2.57. The lowest BCUT2D eigenvalue weighted by Crippen LogP contribution is -2.44. The number of hydrogen-bond donors (Lipinski definition) is 2. The van der Waals surface area contributed by atoms with E-state index < -0.39 is 0 Å². The van der Waals surface area contributed by atoms with Gasteiger partial charge in [0.05, 0.1) is 11.9 Å². The Morgan fingerprint density at radius 1 is 1.23 bits per heavy atom.